The van der Waals surface area contributed by atoms with Crippen molar-refractivity contribution in [2.75, 3.05) is 0 Å². The zero-order valence-electron chi connectivity index (χ0n) is 15.0. The number of rotatable bonds is 4. The number of aromatic nitrogens is 2. The van der Waals surface area contributed by atoms with E-state index < -0.39 is 0 Å². The molecular weight excluding hydrogens is 344 g/mol. The molecular formula is C20H18N4OS. The van der Waals surface area contributed by atoms with Crippen molar-refractivity contribution in [2.24, 2.45) is 4.99 Å². The van der Waals surface area contributed by atoms with Gasteiger partial charge in [0.1, 0.15) is 6.07 Å². The Balaban J connectivity index is 2.26. The zero-order chi connectivity index (χ0) is 18.8. The largest absolute Gasteiger partial charge is 0.357 e. The molecule has 5 nitrogen and oxygen atoms in total. The molecule has 6 heteroatoms. The summed E-state index contributed by atoms with van der Waals surface area (Å²) >= 11 is 1.55. The van der Waals surface area contributed by atoms with E-state index in [0.29, 0.717) is 16.8 Å². The van der Waals surface area contributed by atoms with Crippen LogP contribution in [-0.4, -0.2) is 22.0 Å². The lowest BCUT2D eigenvalue weighted by molar-refractivity contribution is -0.104. The van der Waals surface area contributed by atoms with E-state index in [1.807, 2.05) is 39.8 Å². The smallest absolute Gasteiger partial charge is 0.152 e. The highest BCUT2D eigenvalue weighted by molar-refractivity contribution is 8.08. The van der Waals surface area contributed by atoms with E-state index in [2.05, 4.69) is 21.0 Å². The Morgan fingerprint density at radius 2 is 1.92 bits per heavy atom. The van der Waals surface area contributed by atoms with Crippen molar-refractivity contribution in [2.45, 2.75) is 32.6 Å². The molecule has 130 valence electrons. The third-order valence-corrected chi connectivity index (χ3v) is 5.52. The molecule has 0 atom stereocenters. The van der Waals surface area contributed by atoms with E-state index in [9.17, 15) is 10.1 Å². The maximum Gasteiger partial charge on any atom is 0.152 e. The minimum Gasteiger partial charge on any atom is -0.357 e. The molecule has 0 fully saturated rings. The van der Waals surface area contributed by atoms with Crippen LogP contribution in [0, 0.1) is 25.2 Å². The molecule has 3 heterocycles. The molecule has 26 heavy (non-hydrogen) atoms. The van der Waals surface area contributed by atoms with Gasteiger partial charge < -0.3 is 4.98 Å². The number of nitrogens with one attached hydrogen (secondary N) is 1. The number of hydrogen-bond donors (Lipinski definition) is 1. The van der Waals surface area contributed by atoms with E-state index in [-0.39, 0.29) is 0 Å². The van der Waals surface area contributed by atoms with Gasteiger partial charge >= 0.3 is 0 Å². The van der Waals surface area contributed by atoms with Crippen LogP contribution in [0.4, 0.5) is 0 Å². The number of allylic oxidation sites excluding steroid dienone is 2. The van der Waals surface area contributed by atoms with Crippen LogP contribution < -0.4 is 0 Å². The van der Waals surface area contributed by atoms with Crippen LogP contribution in [0.2, 0.25) is 0 Å². The number of thioether (sulfide) groups is 1. The molecule has 1 N–H and O–H groups in total. The number of aryl methyl sites for hydroxylation is 1. The molecule has 0 radical (unpaired) electrons. The van der Waals surface area contributed by atoms with Crippen molar-refractivity contribution >= 4 is 28.7 Å². The van der Waals surface area contributed by atoms with E-state index >= 15 is 0 Å². The van der Waals surface area contributed by atoms with Gasteiger partial charge in [0.25, 0.3) is 0 Å². The van der Waals surface area contributed by atoms with Crippen LogP contribution >= 0.6 is 11.8 Å². The zero-order valence-corrected chi connectivity index (χ0v) is 15.9. The van der Waals surface area contributed by atoms with Gasteiger partial charge in [0.05, 0.1) is 21.9 Å². The standard InChI is InChI=1S/C20H18N4OS/c1-11-16(9-21)13(3)23-18(11)20(26-15-5-7-22-8-6-15)19-12(2)17(10-25)14(4)24-19/h5-8,10,23H,1-4H3. The van der Waals surface area contributed by atoms with Gasteiger partial charge in [-0.05, 0) is 51.0 Å². The first-order valence-corrected chi connectivity index (χ1v) is 8.93. The van der Waals surface area contributed by atoms with Crippen molar-refractivity contribution in [3.8, 4) is 6.07 Å². The summed E-state index contributed by atoms with van der Waals surface area (Å²) in [5.74, 6) is 0. The molecule has 0 unspecified atom stereocenters. The summed E-state index contributed by atoms with van der Waals surface area (Å²) in [6.45, 7) is 7.55. The average molecular weight is 362 g/mol. The molecule has 0 saturated heterocycles. The summed E-state index contributed by atoms with van der Waals surface area (Å²) in [4.78, 5) is 25.4. The van der Waals surface area contributed by atoms with Crippen molar-refractivity contribution in [1.82, 2.24) is 9.97 Å². The first-order valence-electron chi connectivity index (χ1n) is 8.11. The number of aldehydes is 1. The molecule has 0 spiro atoms. The van der Waals surface area contributed by atoms with Gasteiger partial charge in [-0.3, -0.25) is 14.8 Å². The Kier molecular flexibility index (Phi) is 4.92. The third-order valence-electron chi connectivity index (χ3n) is 4.41. The van der Waals surface area contributed by atoms with Crippen LogP contribution in [0.3, 0.4) is 0 Å². The summed E-state index contributed by atoms with van der Waals surface area (Å²) < 4.78 is 0. The molecule has 0 aromatic carbocycles. The molecule has 3 rings (SSSR count). The lowest BCUT2D eigenvalue weighted by Gasteiger charge is -2.11. The number of H-pyrrole nitrogens is 1. The maximum absolute atomic E-state index is 11.4. The van der Waals surface area contributed by atoms with Crippen molar-refractivity contribution in [1.29, 1.82) is 5.26 Å². The van der Waals surface area contributed by atoms with Crippen LogP contribution in [0.15, 0.2) is 51.3 Å². The minimum absolute atomic E-state index is 0.620. The van der Waals surface area contributed by atoms with E-state index in [1.54, 1.807) is 24.2 Å². The second kappa shape index (κ2) is 7.14. The monoisotopic (exact) mass is 362 g/mol. The molecule has 2 aromatic rings. The summed E-state index contributed by atoms with van der Waals surface area (Å²) in [6.07, 6.45) is 4.32. The van der Waals surface area contributed by atoms with Crippen LogP contribution in [0.25, 0.3) is 4.91 Å². The highest BCUT2D eigenvalue weighted by atomic mass is 32.2. The molecule has 2 aromatic heterocycles. The molecule has 1 aliphatic heterocycles. The summed E-state index contributed by atoms with van der Waals surface area (Å²) in [6, 6.07) is 6.10. The molecule has 0 aliphatic carbocycles. The number of aliphatic imine (C=N–C) groups is 1. The number of carbonyl (C=O) groups is 1. The summed E-state index contributed by atoms with van der Waals surface area (Å²) in [5, 5.41) is 9.44. The van der Waals surface area contributed by atoms with Gasteiger partial charge in [-0.1, -0.05) is 11.8 Å². The fourth-order valence-electron chi connectivity index (χ4n) is 2.99. The van der Waals surface area contributed by atoms with Crippen molar-refractivity contribution in [3.63, 3.8) is 0 Å². The van der Waals surface area contributed by atoms with E-state index in [0.717, 1.165) is 44.3 Å². The molecule has 1 aliphatic rings. The predicted octanol–water partition coefficient (Wildman–Crippen LogP) is 4.35. The first kappa shape index (κ1) is 17.9. The molecule has 0 saturated carbocycles. The van der Waals surface area contributed by atoms with Gasteiger partial charge in [-0.15, -0.1) is 0 Å². The quantitative estimate of drug-likeness (QED) is 0.647. The second-order valence-electron chi connectivity index (χ2n) is 6.05. The minimum atomic E-state index is 0.620. The number of nitrogens with zero attached hydrogens (tertiary/aromatic N) is 3. The lowest BCUT2D eigenvalue weighted by atomic mass is 10.1. The highest BCUT2D eigenvalue weighted by Crippen LogP contribution is 2.43. The fraction of sp³-hybridized carbons (Fsp3) is 0.200. The Morgan fingerprint density at radius 3 is 2.46 bits per heavy atom. The van der Waals surface area contributed by atoms with Crippen LogP contribution in [0.1, 0.15) is 36.4 Å². The van der Waals surface area contributed by atoms with Crippen LogP contribution in [-0.2, 0) is 4.79 Å². The average Bonchev–Trinajstić information content (AvgIpc) is 3.08. The lowest BCUT2D eigenvalue weighted by Crippen LogP contribution is -1.95. The van der Waals surface area contributed by atoms with Gasteiger partial charge in [0.15, 0.2) is 6.29 Å². The van der Waals surface area contributed by atoms with Gasteiger partial charge in [0.2, 0.25) is 0 Å². The Hall–Kier alpha value is -2.91. The van der Waals surface area contributed by atoms with E-state index in [4.69, 9.17) is 0 Å². The fourth-order valence-corrected chi connectivity index (χ4v) is 4.09. The molecule has 0 amide bonds. The van der Waals surface area contributed by atoms with Gasteiger partial charge in [-0.2, -0.15) is 5.26 Å². The Bertz CT molecular complexity index is 1020. The SMILES string of the molecule is CC1=NC(=C(Sc2ccncc2)c2[nH]c(C)c(C#N)c2C)C(C)=C1C=O. The maximum atomic E-state index is 11.4. The Morgan fingerprint density at radius 1 is 1.23 bits per heavy atom. The normalized spacial score (nSPS) is 15.7. The Labute approximate surface area is 156 Å². The second-order valence-corrected chi connectivity index (χ2v) is 7.14. The number of nitriles is 1. The van der Waals surface area contributed by atoms with Crippen LogP contribution in [0.5, 0.6) is 0 Å². The molecule has 0 bridgehead atoms. The van der Waals surface area contributed by atoms with Gasteiger partial charge in [-0.25, -0.2) is 0 Å². The highest BCUT2D eigenvalue weighted by Gasteiger charge is 2.25. The number of hydrogen-bond acceptors (Lipinski definition) is 5. The topological polar surface area (TPSA) is 81.9 Å². The number of pyridine rings is 1. The summed E-state index contributed by atoms with van der Waals surface area (Å²) in [5.41, 5.74) is 6.15. The number of carbonyl (C=O) groups excluding carboxylic acids is 1. The predicted molar refractivity (Wildman–Crippen MR) is 104 cm³/mol. The summed E-state index contributed by atoms with van der Waals surface area (Å²) in [7, 11) is 0. The van der Waals surface area contributed by atoms with Crippen molar-refractivity contribution in [3.05, 3.63) is 63.9 Å². The van der Waals surface area contributed by atoms with E-state index in [1.165, 1.54) is 0 Å². The first-order chi connectivity index (χ1) is 12.5. The third kappa shape index (κ3) is 3.02. The van der Waals surface area contributed by atoms with Gasteiger partial charge in [0, 0.05) is 34.3 Å². The van der Waals surface area contributed by atoms with Crippen molar-refractivity contribution < 1.29 is 4.79 Å². The number of aromatic amines is 1.